The minimum Gasteiger partial charge on any atom is -0.494 e. The van der Waals surface area contributed by atoms with Crippen LogP contribution in [0.4, 0.5) is 5.69 Å². The smallest absolute Gasteiger partial charge is 0.316 e. The third-order valence-corrected chi connectivity index (χ3v) is 5.29. The molecule has 1 aromatic rings. The summed E-state index contributed by atoms with van der Waals surface area (Å²) in [6.07, 6.45) is 8.16. The van der Waals surface area contributed by atoms with Crippen molar-refractivity contribution in [3.8, 4) is 5.75 Å². The molecule has 162 valence electrons. The van der Waals surface area contributed by atoms with Crippen molar-refractivity contribution in [3.63, 3.8) is 0 Å². The summed E-state index contributed by atoms with van der Waals surface area (Å²) in [5, 5.41) is 3.26. The summed E-state index contributed by atoms with van der Waals surface area (Å²) in [6, 6.07) is 4.87. The van der Waals surface area contributed by atoms with Gasteiger partial charge in [0.1, 0.15) is 11.4 Å². The maximum atomic E-state index is 12.8. The molecule has 1 aromatic carbocycles. The standard InChI is InChI=1S/C20H31N3O4S2/c1-4-5-6-7-8-9-10-13-23(20(28)21-2)19(24)15-16-11-12-18(27-3)17(14-16)22-29(25)26/h11-12,14H,4-10,13,15H2,1-3H3,(H,21,28). The van der Waals surface area contributed by atoms with Gasteiger partial charge in [-0.25, -0.2) is 0 Å². The lowest BCUT2D eigenvalue weighted by atomic mass is 10.1. The first-order valence-corrected chi connectivity index (χ1v) is 11.4. The second-order valence-corrected chi connectivity index (χ2v) is 7.72. The molecule has 7 nitrogen and oxygen atoms in total. The summed E-state index contributed by atoms with van der Waals surface area (Å²) in [6.45, 7) is 2.76. The summed E-state index contributed by atoms with van der Waals surface area (Å²) in [5.41, 5.74) is 0.810. The van der Waals surface area contributed by atoms with Gasteiger partial charge in [-0.3, -0.25) is 9.69 Å². The van der Waals surface area contributed by atoms with Gasteiger partial charge in [-0.05, 0) is 36.3 Å². The molecule has 0 unspecified atom stereocenters. The fourth-order valence-corrected chi connectivity index (χ4v) is 3.47. The topological polar surface area (TPSA) is 88.1 Å². The quantitative estimate of drug-likeness (QED) is 0.389. The van der Waals surface area contributed by atoms with Gasteiger partial charge in [-0.1, -0.05) is 51.5 Å². The summed E-state index contributed by atoms with van der Waals surface area (Å²) < 4.78 is 30.5. The number of nitrogens with one attached hydrogen (secondary N) is 1. The molecule has 0 heterocycles. The van der Waals surface area contributed by atoms with Crippen LogP contribution >= 0.6 is 12.2 Å². The van der Waals surface area contributed by atoms with Crippen LogP contribution in [0, 0.1) is 0 Å². The highest BCUT2D eigenvalue weighted by Gasteiger charge is 2.18. The Bertz CT molecular complexity index is 802. The number of ether oxygens (including phenoxy) is 1. The number of thiocarbonyl (C=S) groups is 1. The van der Waals surface area contributed by atoms with E-state index in [9.17, 15) is 13.2 Å². The summed E-state index contributed by atoms with van der Waals surface area (Å²) >= 11 is 5.30. The van der Waals surface area contributed by atoms with Crippen molar-refractivity contribution in [3.05, 3.63) is 23.8 Å². The van der Waals surface area contributed by atoms with E-state index in [1.54, 1.807) is 30.1 Å². The van der Waals surface area contributed by atoms with E-state index in [0.29, 0.717) is 23.0 Å². The zero-order valence-electron chi connectivity index (χ0n) is 17.4. The Morgan fingerprint density at radius 2 is 1.83 bits per heavy atom. The monoisotopic (exact) mass is 441 g/mol. The van der Waals surface area contributed by atoms with E-state index < -0.39 is 10.5 Å². The molecule has 29 heavy (non-hydrogen) atoms. The first kappa shape index (κ1) is 25.0. The largest absolute Gasteiger partial charge is 0.494 e. The van der Waals surface area contributed by atoms with E-state index >= 15 is 0 Å². The van der Waals surface area contributed by atoms with Crippen molar-refractivity contribution in [2.75, 3.05) is 20.7 Å². The highest BCUT2D eigenvalue weighted by atomic mass is 32.2. The van der Waals surface area contributed by atoms with Crippen LogP contribution in [0.3, 0.4) is 0 Å². The molecule has 9 heteroatoms. The molecule has 0 saturated carbocycles. The van der Waals surface area contributed by atoms with Gasteiger partial charge in [0, 0.05) is 13.6 Å². The molecule has 0 radical (unpaired) electrons. The number of amides is 1. The number of hydrogen-bond acceptors (Lipinski definition) is 6. The van der Waals surface area contributed by atoms with Gasteiger partial charge >= 0.3 is 10.5 Å². The second kappa shape index (κ2) is 14.1. The molecule has 1 amide bonds. The summed E-state index contributed by atoms with van der Waals surface area (Å²) in [5.74, 6) is 0.186. The minimum atomic E-state index is -2.61. The zero-order valence-corrected chi connectivity index (χ0v) is 19.1. The fourth-order valence-electron chi connectivity index (χ4n) is 2.97. The third kappa shape index (κ3) is 9.36. The Morgan fingerprint density at radius 3 is 2.41 bits per heavy atom. The van der Waals surface area contributed by atoms with E-state index in [1.165, 1.54) is 32.8 Å². The van der Waals surface area contributed by atoms with Crippen LogP contribution in [0.5, 0.6) is 5.75 Å². The van der Waals surface area contributed by atoms with Gasteiger partial charge in [0.05, 0.1) is 13.5 Å². The van der Waals surface area contributed by atoms with E-state index in [1.807, 2.05) is 0 Å². The van der Waals surface area contributed by atoms with Crippen molar-refractivity contribution < 1.29 is 17.9 Å². The van der Waals surface area contributed by atoms with Crippen LogP contribution in [0.25, 0.3) is 0 Å². The molecular formula is C20H31N3O4S2. The number of methoxy groups -OCH3 is 1. The van der Waals surface area contributed by atoms with Crippen LogP contribution in [0.1, 0.15) is 57.4 Å². The normalized spacial score (nSPS) is 10.3. The highest BCUT2D eigenvalue weighted by molar-refractivity contribution is 7.80. The van der Waals surface area contributed by atoms with Gasteiger partial charge in [0.15, 0.2) is 5.11 Å². The molecular weight excluding hydrogens is 410 g/mol. The Balaban J connectivity index is 2.75. The van der Waals surface area contributed by atoms with Crippen LogP contribution in [-0.2, 0) is 21.7 Å². The van der Waals surface area contributed by atoms with E-state index in [-0.39, 0.29) is 18.0 Å². The average molecular weight is 442 g/mol. The van der Waals surface area contributed by atoms with E-state index in [4.69, 9.17) is 17.0 Å². The van der Waals surface area contributed by atoms with Crippen LogP contribution in [-0.4, -0.2) is 45.0 Å². The lowest BCUT2D eigenvalue weighted by Gasteiger charge is -2.23. The number of hydrogen-bond donors (Lipinski definition) is 1. The number of nitrogens with zero attached hydrogens (tertiary/aromatic N) is 2. The molecule has 1 rings (SSSR count). The van der Waals surface area contributed by atoms with Gasteiger partial charge in [0.25, 0.3) is 0 Å². The molecule has 0 aliphatic carbocycles. The van der Waals surface area contributed by atoms with Crippen LogP contribution in [0.2, 0.25) is 0 Å². The Morgan fingerprint density at radius 1 is 1.17 bits per heavy atom. The Hall–Kier alpha value is -2.00. The lowest BCUT2D eigenvalue weighted by molar-refractivity contribution is -0.126. The second-order valence-electron chi connectivity index (χ2n) is 6.71. The molecule has 0 aliphatic rings. The van der Waals surface area contributed by atoms with Crippen molar-refractivity contribution in [2.24, 2.45) is 4.36 Å². The first-order valence-electron chi connectivity index (χ1n) is 9.93. The maximum absolute atomic E-state index is 12.8. The first-order chi connectivity index (χ1) is 13.9. The molecule has 0 spiro atoms. The van der Waals surface area contributed by atoms with Gasteiger partial charge < -0.3 is 10.1 Å². The lowest BCUT2D eigenvalue weighted by Crippen LogP contribution is -2.43. The summed E-state index contributed by atoms with van der Waals surface area (Å²) in [4.78, 5) is 14.4. The SMILES string of the molecule is CCCCCCCCCN(C(=O)Cc1ccc(OC)c(N=S(=O)=O)c1)C(=S)NC. The van der Waals surface area contributed by atoms with Crippen molar-refractivity contribution >= 4 is 39.4 Å². The Labute approximate surface area is 180 Å². The number of carbonyl (C=O) groups is 1. The van der Waals surface area contributed by atoms with Gasteiger partial charge in [-0.2, -0.15) is 8.42 Å². The highest BCUT2D eigenvalue weighted by Crippen LogP contribution is 2.28. The van der Waals surface area contributed by atoms with Gasteiger partial charge in [0.2, 0.25) is 5.91 Å². The van der Waals surface area contributed by atoms with E-state index in [2.05, 4.69) is 16.6 Å². The summed E-state index contributed by atoms with van der Waals surface area (Å²) in [7, 11) is 0.522. The molecule has 0 aromatic heterocycles. The molecule has 0 fully saturated rings. The molecule has 0 aliphatic heterocycles. The maximum Gasteiger partial charge on any atom is 0.316 e. The van der Waals surface area contributed by atoms with Gasteiger partial charge in [-0.15, -0.1) is 4.36 Å². The minimum absolute atomic E-state index is 0.0936. The van der Waals surface area contributed by atoms with Crippen molar-refractivity contribution in [2.45, 2.75) is 58.3 Å². The fraction of sp³-hybridized carbons (Fsp3) is 0.600. The number of benzene rings is 1. The van der Waals surface area contributed by atoms with Crippen molar-refractivity contribution in [1.82, 2.24) is 10.2 Å². The molecule has 0 saturated heterocycles. The third-order valence-electron chi connectivity index (χ3n) is 4.52. The molecule has 1 N–H and O–H groups in total. The Kier molecular flexibility index (Phi) is 12.1. The number of carbonyl (C=O) groups excluding carboxylic acids is 1. The van der Waals surface area contributed by atoms with Crippen LogP contribution < -0.4 is 10.1 Å². The molecule has 0 bridgehead atoms. The molecule has 0 atom stereocenters. The van der Waals surface area contributed by atoms with Crippen molar-refractivity contribution in [1.29, 1.82) is 0 Å². The predicted molar refractivity (Wildman–Crippen MR) is 119 cm³/mol. The number of unbranched alkanes of at least 4 members (excludes halogenated alkanes) is 6. The number of rotatable bonds is 12. The zero-order chi connectivity index (χ0) is 21.6. The average Bonchev–Trinajstić information content (AvgIpc) is 2.69. The predicted octanol–water partition coefficient (Wildman–Crippen LogP) is 4.02. The van der Waals surface area contributed by atoms with Crippen LogP contribution in [0.15, 0.2) is 22.6 Å². The van der Waals surface area contributed by atoms with E-state index in [0.717, 1.165) is 19.3 Å².